The summed E-state index contributed by atoms with van der Waals surface area (Å²) >= 11 is 0. The summed E-state index contributed by atoms with van der Waals surface area (Å²) in [5, 5.41) is 12.3. The van der Waals surface area contributed by atoms with Crippen LogP contribution in [0.3, 0.4) is 0 Å². The van der Waals surface area contributed by atoms with E-state index in [0.717, 1.165) is 24.1 Å². The van der Waals surface area contributed by atoms with Crippen LogP contribution in [0.5, 0.6) is 5.88 Å². The molecule has 0 aliphatic carbocycles. The topological polar surface area (TPSA) is 57.8 Å². The van der Waals surface area contributed by atoms with Gasteiger partial charge in [-0.2, -0.15) is 0 Å². The Hall–Kier alpha value is -2.92. The molecule has 1 aromatic heterocycles. The van der Waals surface area contributed by atoms with Crippen molar-refractivity contribution in [1.82, 2.24) is 9.47 Å². The highest BCUT2D eigenvalue weighted by Crippen LogP contribution is 2.26. The van der Waals surface area contributed by atoms with Crippen molar-refractivity contribution in [2.45, 2.75) is 20.3 Å². The lowest BCUT2D eigenvalue weighted by atomic mass is 10.1. The van der Waals surface area contributed by atoms with Gasteiger partial charge in [0, 0.05) is 23.5 Å². The van der Waals surface area contributed by atoms with E-state index >= 15 is 0 Å². The molecular formula is C23H27N3O2. The van der Waals surface area contributed by atoms with E-state index in [1.165, 1.54) is 4.57 Å². The van der Waals surface area contributed by atoms with E-state index in [4.69, 9.17) is 0 Å². The number of nitrogens with zero attached hydrogens (tertiary/aromatic N) is 3. The van der Waals surface area contributed by atoms with Crippen molar-refractivity contribution in [2.24, 2.45) is 4.99 Å². The summed E-state index contributed by atoms with van der Waals surface area (Å²) in [6.07, 6.45) is 2.61. The second-order valence-electron chi connectivity index (χ2n) is 7.38. The zero-order valence-corrected chi connectivity index (χ0v) is 16.9. The standard InChI is InChI=1S/C23H27N3O2/c1-16-10-11-18(14-17(16)2)26-22(27)20-9-6-5-8-19(20)21(23(26)28)15-24-12-7-13-25(3)4/h5-6,8-11,14-15,28H,7,12-13H2,1-4H3. The van der Waals surface area contributed by atoms with Crippen LogP contribution in [-0.4, -0.2) is 48.0 Å². The molecule has 0 unspecified atom stereocenters. The van der Waals surface area contributed by atoms with Gasteiger partial charge in [0.15, 0.2) is 0 Å². The summed E-state index contributed by atoms with van der Waals surface area (Å²) in [6.45, 7) is 5.63. The Balaban J connectivity index is 2.13. The summed E-state index contributed by atoms with van der Waals surface area (Å²) in [5.41, 5.74) is 3.19. The molecular weight excluding hydrogens is 350 g/mol. The predicted octanol–water partition coefficient (Wildman–Crippen LogP) is 3.68. The highest BCUT2D eigenvalue weighted by Gasteiger charge is 2.16. The Kier molecular flexibility index (Phi) is 5.95. The van der Waals surface area contributed by atoms with Crippen LogP contribution >= 0.6 is 0 Å². The third-order valence-corrected chi connectivity index (χ3v) is 4.97. The Labute approximate surface area is 165 Å². The van der Waals surface area contributed by atoms with Crippen molar-refractivity contribution >= 4 is 17.0 Å². The molecule has 28 heavy (non-hydrogen) atoms. The van der Waals surface area contributed by atoms with Gasteiger partial charge in [0.25, 0.3) is 5.56 Å². The van der Waals surface area contributed by atoms with Gasteiger partial charge in [0.2, 0.25) is 5.88 Å². The molecule has 1 heterocycles. The van der Waals surface area contributed by atoms with Crippen LogP contribution in [0.4, 0.5) is 0 Å². The molecule has 5 nitrogen and oxygen atoms in total. The van der Waals surface area contributed by atoms with E-state index in [0.29, 0.717) is 28.6 Å². The lowest BCUT2D eigenvalue weighted by Gasteiger charge is -2.15. The number of aromatic nitrogens is 1. The van der Waals surface area contributed by atoms with Gasteiger partial charge in [-0.25, -0.2) is 4.57 Å². The maximum atomic E-state index is 13.1. The van der Waals surface area contributed by atoms with Crippen molar-refractivity contribution < 1.29 is 5.11 Å². The van der Waals surface area contributed by atoms with Gasteiger partial charge in [0.05, 0.1) is 11.3 Å². The fourth-order valence-corrected chi connectivity index (χ4v) is 3.23. The Morgan fingerprint density at radius 2 is 1.79 bits per heavy atom. The minimum Gasteiger partial charge on any atom is -0.494 e. The molecule has 0 aliphatic heterocycles. The number of benzene rings is 2. The van der Waals surface area contributed by atoms with Crippen LogP contribution in [0.25, 0.3) is 16.5 Å². The number of fused-ring (bicyclic) bond motifs is 1. The molecule has 0 amide bonds. The van der Waals surface area contributed by atoms with Crippen molar-refractivity contribution in [1.29, 1.82) is 0 Å². The number of aliphatic imine (C=N–C) groups is 1. The van der Waals surface area contributed by atoms with Crippen molar-refractivity contribution in [2.75, 3.05) is 27.2 Å². The summed E-state index contributed by atoms with van der Waals surface area (Å²) in [5.74, 6) is -0.0803. The number of aromatic hydroxyl groups is 1. The third kappa shape index (κ3) is 3.99. The molecule has 1 N–H and O–H groups in total. The zero-order chi connectivity index (χ0) is 20.3. The molecule has 0 aliphatic rings. The lowest BCUT2D eigenvalue weighted by molar-refractivity contribution is 0.403. The summed E-state index contributed by atoms with van der Waals surface area (Å²) in [7, 11) is 4.06. The number of hydrogen-bond donors (Lipinski definition) is 1. The summed E-state index contributed by atoms with van der Waals surface area (Å²) in [6, 6.07) is 13.1. The maximum absolute atomic E-state index is 13.1. The molecule has 0 spiro atoms. The molecule has 0 bridgehead atoms. The van der Waals surface area contributed by atoms with E-state index in [2.05, 4.69) is 9.89 Å². The van der Waals surface area contributed by atoms with Gasteiger partial charge < -0.3 is 10.0 Å². The summed E-state index contributed by atoms with van der Waals surface area (Å²) < 4.78 is 1.37. The average Bonchev–Trinajstić information content (AvgIpc) is 2.66. The molecule has 3 aromatic rings. The van der Waals surface area contributed by atoms with Gasteiger partial charge in [-0.05, 0) is 70.2 Å². The van der Waals surface area contributed by atoms with Crippen LogP contribution in [0.2, 0.25) is 0 Å². The van der Waals surface area contributed by atoms with Crippen molar-refractivity contribution in [3.05, 3.63) is 69.5 Å². The van der Waals surface area contributed by atoms with Crippen molar-refractivity contribution in [3.63, 3.8) is 0 Å². The number of rotatable bonds is 6. The third-order valence-electron chi connectivity index (χ3n) is 4.97. The lowest BCUT2D eigenvalue weighted by Crippen LogP contribution is -2.20. The Bertz CT molecular complexity index is 1080. The molecule has 2 aromatic carbocycles. The SMILES string of the molecule is Cc1ccc(-n2c(O)c(C=NCCCN(C)C)c3ccccc3c2=O)cc1C. The second kappa shape index (κ2) is 8.40. The van der Waals surface area contributed by atoms with Gasteiger partial charge in [-0.15, -0.1) is 0 Å². The van der Waals surface area contributed by atoms with Crippen LogP contribution in [0.1, 0.15) is 23.1 Å². The minimum atomic E-state index is -0.235. The largest absolute Gasteiger partial charge is 0.494 e. The van der Waals surface area contributed by atoms with Crippen LogP contribution in [0.15, 0.2) is 52.3 Å². The monoisotopic (exact) mass is 377 g/mol. The van der Waals surface area contributed by atoms with E-state index in [9.17, 15) is 9.90 Å². The smallest absolute Gasteiger partial charge is 0.265 e. The normalized spacial score (nSPS) is 11.8. The fourth-order valence-electron chi connectivity index (χ4n) is 3.23. The average molecular weight is 377 g/mol. The summed E-state index contributed by atoms with van der Waals surface area (Å²) in [4.78, 5) is 19.7. The molecule has 0 radical (unpaired) electrons. The Morgan fingerprint density at radius 1 is 1.07 bits per heavy atom. The molecule has 0 saturated carbocycles. The van der Waals surface area contributed by atoms with Gasteiger partial charge in [-0.1, -0.05) is 24.3 Å². The quantitative estimate of drug-likeness (QED) is 0.527. The van der Waals surface area contributed by atoms with Crippen molar-refractivity contribution in [3.8, 4) is 11.6 Å². The van der Waals surface area contributed by atoms with Gasteiger partial charge in [-0.3, -0.25) is 9.79 Å². The first-order chi connectivity index (χ1) is 13.4. The van der Waals surface area contributed by atoms with Gasteiger partial charge in [0.1, 0.15) is 0 Å². The first kappa shape index (κ1) is 19.8. The molecule has 3 rings (SSSR count). The number of hydrogen-bond acceptors (Lipinski definition) is 4. The van der Waals surface area contributed by atoms with E-state index < -0.39 is 0 Å². The van der Waals surface area contributed by atoms with E-state index in [1.54, 1.807) is 12.3 Å². The number of aryl methyl sites for hydroxylation is 2. The highest BCUT2D eigenvalue weighted by molar-refractivity contribution is 6.01. The molecule has 0 fully saturated rings. The molecule has 0 saturated heterocycles. The number of pyridine rings is 1. The zero-order valence-electron chi connectivity index (χ0n) is 16.9. The van der Waals surface area contributed by atoms with Crippen LogP contribution in [-0.2, 0) is 0 Å². The Morgan fingerprint density at radius 3 is 2.46 bits per heavy atom. The first-order valence-electron chi connectivity index (χ1n) is 9.49. The second-order valence-corrected chi connectivity index (χ2v) is 7.38. The van der Waals surface area contributed by atoms with E-state index in [1.807, 2.05) is 64.3 Å². The van der Waals surface area contributed by atoms with Crippen LogP contribution < -0.4 is 5.56 Å². The first-order valence-corrected chi connectivity index (χ1v) is 9.49. The molecule has 0 atom stereocenters. The van der Waals surface area contributed by atoms with Crippen LogP contribution in [0, 0.1) is 13.8 Å². The minimum absolute atomic E-state index is 0.0803. The molecule has 146 valence electrons. The van der Waals surface area contributed by atoms with E-state index in [-0.39, 0.29) is 11.4 Å². The fraction of sp³-hybridized carbons (Fsp3) is 0.304. The predicted molar refractivity (Wildman–Crippen MR) is 116 cm³/mol. The molecule has 5 heteroatoms. The maximum Gasteiger partial charge on any atom is 0.265 e. The van der Waals surface area contributed by atoms with Gasteiger partial charge >= 0.3 is 0 Å². The highest BCUT2D eigenvalue weighted by atomic mass is 16.3.